The number of carbonyl (C=O) groups excluding carboxylic acids is 5. The Morgan fingerprint density at radius 3 is 2.14 bits per heavy atom. The Balaban J connectivity index is 1.26. The molecule has 4 aromatic rings. The molecule has 11 heteroatoms. The number of benzene rings is 4. The zero-order valence-corrected chi connectivity index (χ0v) is 23.8. The molecular formula is C33H25FN4O5S. The van der Waals surface area contributed by atoms with Gasteiger partial charge in [0.25, 0.3) is 11.8 Å². The lowest BCUT2D eigenvalue weighted by Crippen LogP contribution is -2.31. The van der Waals surface area contributed by atoms with Crippen LogP contribution in [0.3, 0.4) is 0 Å². The molecule has 220 valence electrons. The fraction of sp³-hybridized carbons (Fsp3) is 0.0606. The molecule has 0 radical (unpaired) electrons. The summed E-state index contributed by atoms with van der Waals surface area (Å²) in [6.45, 7) is 0. The normalized spacial score (nSPS) is 14.8. The molecule has 0 spiro atoms. The molecule has 1 unspecified atom stereocenters. The average Bonchev–Trinajstić information content (AvgIpc) is 3.30. The first-order valence-corrected chi connectivity index (χ1v) is 14.2. The van der Waals surface area contributed by atoms with E-state index < -0.39 is 28.8 Å². The summed E-state index contributed by atoms with van der Waals surface area (Å²) in [4.78, 5) is 64.9. The minimum Gasteiger partial charge on any atom is -0.366 e. The number of hydrogen-bond donors (Lipinski definition) is 3. The molecule has 1 aliphatic heterocycles. The standard InChI is InChI=1S/C33H25FN4O5S/c34-23-10-6-20(7-11-23)18-27(37-31(41)22-4-2-1-3-5-22)32(42)36-24-12-16-26(17-13-24)44-28-19-29(39)38(33(28)43)25-14-8-21(9-15-25)30(35)40/h1-18,28H,19H2,(H2,35,40)(H,36,42)(H,37,41)/b27-18-. The van der Waals surface area contributed by atoms with Gasteiger partial charge in [0, 0.05) is 28.1 Å². The van der Waals surface area contributed by atoms with Crippen LogP contribution >= 0.6 is 11.8 Å². The van der Waals surface area contributed by atoms with E-state index in [0.29, 0.717) is 27.4 Å². The first-order valence-electron chi connectivity index (χ1n) is 13.4. The Kier molecular flexibility index (Phi) is 8.96. The monoisotopic (exact) mass is 608 g/mol. The Morgan fingerprint density at radius 1 is 0.841 bits per heavy atom. The predicted molar refractivity (Wildman–Crippen MR) is 165 cm³/mol. The zero-order chi connectivity index (χ0) is 31.2. The fourth-order valence-corrected chi connectivity index (χ4v) is 5.44. The SMILES string of the molecule is NC(=O)c1ccc(N2C(=O)CC(Sc3ccc(NC(=O)/C(=C/c4ccc(F)cc4)NC(=O)c4ccccc4)cc3)C2=O)cc1. The highest BCUT2D eigenvalue weighted by Gasteiger charge is 2.40. The van der Waals surface area contributed by atoms with Crippen LogP contribution in [0.4, 0.5) is 15.8 Å². The van der Waals surface area contributed by atoms with E-state index in [1.807, 2.05) is 0 Å². The van der Waals surface area contributed by atoms with E-state index in [4.69, 9.17) is 5.73 Å². The molecule has 0 saturated carbocycles. The van der Waals surface area contributed by atoms with Gasteiger partial charge >= 0.3 is 0 Å². The number of carbonyl (C=O) groups is 5. The average molecular weight is 609 g/mol. The van der Waals surface area contributed by atoms with Crippen molar-refractivity contribution in [3.63, 3.8) is 0 Å². The van der Waals surface area contributed by atoms with Crippen LogP contribution in [0.1, 0.15) is 32.7 Å². The Hall–Kier alpha value is -5.55. The zero-order valence-electron chi connectivity index (χ0n) is 23.0. The Labute approximate surface area is 255 Å². The third kappa shape index (κ3) is 7.08. The maximum Gasteiger partial charge on any atom is 0.272 e. The van der Waals surface area contributed by atoms with E-state index in [9.17, 15) is 28.4 Å². The molecule has 5 amide bonds. The van der Waals surface area contributed by atoms with Crippen LogP contribution in [0.15, 0.2) is 114 Å². The summed E-state index contributed by atoms with van der Waals surface area (Å²) in [5.41, 5.74) is 7.11. The van der Waals surface area contributed by atoms with Gasteiger partial charge in [-0.25, -0.2) is 9.29 Å². The Morgan fingerprint density at radius 2 is 1.50 bits per heavy atom. The number of hydrogen-bond acceptors (Lipinski definition) is 6. The van der Waals surface area contributed by atoms with Crippen molar-refractivity contribution in [3.8, 4) is 0 Å². The number of nitrogens with zero attached hydrogens (tertiary/aromatic N) is 1. The van der Waals surface area contributed by atoms with Crippen molar-refractivity contribution in [2.45, 2.75) is 16.6 Å². The van der Waals surface area contributed by atoms with Gasteiger partial charge < -0.3 is 16.4 Å². The molecule has 1 atom stereocenters. The summed E-state index contributed by atoms with van der Waals surface area (Å²) >= 11 is 1.21. The Bertz CT molecular complexity index is 1760. The lowest BCUT2D eigenvalue weighted by molar-refractivity contribution is -0.121. The third-order valence-electron chi connectivity index (χ3n) is 6.62. The predicted octanol–water partition coefficient (Wildman–Crippen LogP) is 4.76. The number of nitrogens with two attached hydrogens (primary N) is 1. The van der Waals surface area contributed by atoms with Crippen LogP contribution in [0.5, 0.6) is 0 Å². The van der Waals surface area contributed by atoms with Gasteiger partial charge in [-0.05, 0) is 84.4 Å². The number of rotatable bonds is 9. The summed E-state index contributed by atoms with van der Waals surface area (Å²) < 4.78 is 13.4. The quantitative estimate of drug-likeness (QED) is 0.185. The molecule has 4 aromatic carbocycles. The number of imide groups is 1. The van der Waals surface area contributed by atoms with Crippen LogP contribution < -0.4 is 21.3 Å². The minimum atomic E-state index is -0.655. The minimum absolute atomic E-state index is 0.00177. The number of amides is 5. The van der Waals surface area contributed by atoms with E-state index in [1.165, 1.54) is 66.4 Å². The maximum absolute atomic E-state index is 13.4. The van der Waals surface area contributed by atoms with Gasteiger partial charge in [0.2, 0.25) is 17.7 Å². The second-order valence-corrected chi connectivity index (χ2v) is 11.0. The smallest absolute Gasteiger partial charge is 0.272 e. The molecule has 1 fully saturated rings. The number of nitrogens with one attached hydrogen (secondary N) is 2. The van der Waals surface area contributed by atoms with Crippen molar-refractivity contribution in [2.24, 2.45) is 5.73 Å². The molecule has 1 heterocycles. The van der Waals surface area contributed by atoms with Crippen molar-refractivity contribution in [2.75, 3.05) is 10.2 Å². The molecule has 44 heavy (non-hydrogen) atoms. The van der Waals surface area contributed by atoms with Crippen molar-refractivity contribution in [3.05, 3.63) is 131 Å². The van der Waals surface area contributed by atoms with Gasteiger partial charge in [-0.15, -0.1) is 11.8 Å². The van der Waals surface area contributed by atoms with Gasteiger partial charge in [-0.2, -0.15) is 0 Å². The van der Waals surface area contributed by atoms with Crippen LogP contribution in [-0.2, 0) is 14.4 Å². The summed E-state index contributed by atoms with van der Waals surface area (Å²) in [6, 6.07) is 26.4. The van der Waals surface area contributed by atoms with E-state index in [0.717, 1.165) is 4.90 Å². The van der Waals surface area contributed by atoms with Crippen LogP contribution in [0, 0.1) is 5.82 Å². The molecule has 1 saturated heterocycles. The molecule has 9 nitrogen and oxygen atoms in total. The van der Waals surface area contributed by atoms with Gasteiger partial charge in [-0.3, -0.25) is 24.0 Å². The van der Waals surface area contributed by atoms with Crippen LogP contribution in [0.2, 0.25) is 0 Å². The molecular weight excluding hydrogens is 583 g/mol. The molecule has 4 N–H and O–H groups in total. The van der Waals surface area contributed by atoms with Gasteiger partial charge in [0.05, 0.1) is 10.9 Å². The first-order chi connectivity index (χ1) is 21.2. The molecule has 0 aromatic heterocycles. The van der Waals surface area contributed by atoms with E-state index >= 15 is 0 Å². The van der Waals surface area contributed by atoms with Gasteiger partial charge in [-0.1, -0.05) is 30.3 Å². The summed E-state index contributed by atoms with van der Waals surface area (Å²) in [5, 5.41) is 4.71. The highest BCUT2D eigenvalue weighted by Crippen LogP contribution is 2.34. The van der Waals surface area contributed by atoms with Crippen molar-refractivity contribution in [1.82, 2.24) is 5.32 Å². The van der Waals surface area contributed by atoms with Crippen LogP contribution in [-0.4, -0.2) is 34.8 Å². The molecule has 5 rings (SSSR count). The van der Waals surface area contributed by atoms with E-state index in [-0.39, 0.29) is 29.5 Å². The number of primary amides is 1. The first kappa shape index (κ1) is 29.9. The fourth-order valence-electron chi connectivity index (χ4n) is 4.39. The summed E-state index contributed by atoms with van der Waals surface area (Å²) in [7, 11) is 0. The third-order valence-corrected chi connectivity index (χ3v) is 7.81. The van der Waals surface area contributed by atoms with Crippen molar-refractivity contribution < 1.29 is 28.4 Å². The number of halogens is 1. The van der Waals surface area contributed by atoms with Crippen LogP contribution in [0.25, 0.3) is 6.08 Å². The van der Waals surface area contributed by atoms with Gasteiger partial charge in [0.15, 0.2) is 0 Å². The number of anilines is 2. The lowest BCUT2D eigenvalue weighted by atomic mass is 10.1. The van der Waals surface area contributed by atoms with Gasteiger partial charge in [0.1, 0.15) is 11.5 Å². The summed E-state index contributed by atoms with van der Waals surface area (Å²) in [5.74, 6) is -2.88. The summed E-state index contributed by atoms with van der Waals surface area (Å²) in [6.07, 6.45) is 1.44. The second kappa shape index (κ2) is 13.2. The molecule has 1 aliphatic rings. The maximum atomic E-state index is 13.4. The van der Waals surface area contributed by atoms with E-state index in [2.05, 4.69) is 10.6 Å². The highest BCUT2D eigenvalue weighted by atomic mass is 32.2. The largest absolute Gasteiger partial charge is 0.366 e. The lowest BCUT2D eigenvalue weighted by Gasteiger charge is -2.15. The van der Waals surface area contributed by atoms with E-state index in [1.54, 1.807) is 54.6 Å². The van der Waals surface area contributed by atoms with Crippen molar-refractivity contribution >= 4 is 58.7 Å². The highest BCUT2D eigenvalue weighted by molar-refractivity contribution is 8.00. The number of thioether (sulfide) groups is 1. The molecule has 0 aliphatic carbocycles. The van der Waals surface area contributed by atoms with Crippen molar-refractivity contribution in [1.29, 1.82) is 0 Å². The second-order valence-electron chi connectivity index (χ2n) is 9.70. The topological polar surface area (TPSA) is 139 Å². The molecule has 0 bridgehead atoms.